The molecule has 0 aliphatic carbocycles. The number of nitrogens with zero attached hydrogens (tertiary/aromatic N) is 3. The zero-order chi connectivity index (χ0) is 29.6. The molecule has 3 aromatic rings. The zero-order valence-corrected chi connectivity index (χ0v) is 23.3. The Hall–Kier alpha value is -3.31. The van der Waals surface area contributed by atoms with Crippen LogP contribution in [0.3, 0.4) is 0 Å². The van der Waals surface area contributed by atoms with E-state index in [4.69, 9.17) is 9.84 Å². The van der Waals surface area contributed by atoms with E-state index in [1.807, 2.05) is 31.2 Å². The van der Waals surface area contributed by atoms with Gasteiger partial charge in [0.1, 0.15) is 6.61 Å². The summed E-state index contributed by atoms with van der Waals surface area (Å²) in [4.78, 5) is 21.1. The molecule has 2 heterocycles. The molecular formula is C31H36F3N3O4. The Labute approximate surface area is 238 Å². The molecule has 4 rings (SSSR count). The van der Waals surface area contributed by atoms with Crippen LogP contribution in [0.1, 0.15) is 35.6 Å². The van der Waals surface area contributed by atoms with E-state index in [0.717, 1.165) is 47.8 Å². The lowest BCUT2D eigenvalue weighted by Gasteiger charge is -2.41. The SMILES string of the molecule is Cc1cc(CN2CCN(Cc3ccncc3)C(CC(=O)OCCO)C2)ccc1-c1ccc(C(C)(O)C(F)(F)F)cc1. The van der Waals surface area contributed by atoms with Gasteiger partial charge in [0, 0.05) is 51.2 Å². The highest BCUT2D eigenvalue weighted by Crippen LogP contribution is 2.39. The van der Waals surface area contributed by atoms with Crippen molar-refractivity contribution in [1.82, 2.24) is 14.8 Å². The number of rotatable bonds is 10. The Bertz CT molecular complexity index is 1300. The summed E-state index contributed by atoms with van der Waals surface area (Å²) in [5, 5.41) is 19.0. The van der Waals surface area contributed by atoms with Gasteiger partial charge >= 0.3 is 12.1 Å². The third kappa shape index (κ3) is 7.71. The Kier molecular flexibility index (Phi) is 9.80. The number of carbonyl (C=O) groups excluding carboxylic acids is 1. The molecule has 0 radical (unpaired) electrons. The molecule has 1 fully saturated rings. The van der Waals surface area contributed by atoms with Gasteiger partial charge < -0.3 is 14.9 Å². The van der Waals surface area contributed by atoms with Crippen molar-refractivity contribution in [2.45, 2.75) is 51.2 Å². The number of esters is 1. The van der Waals surface area contributed by atoms with Gasteiger partial charge in [0.25, 0.3) is 0 Å². The lowest BCUT2D eigenvalue weighted by Crippen LogP contribution is -2.53. The van der Waals surface area contributed by atoms with Gasteiger partial charge in [-0.1, -0.05) is 42.5 Å². The average Bonchev–Trinajstić information content (AvgIpc) is 2.93. The van der Waals surface area contributed by atoms with Crippen molar-refractivity contribution < 1.29 is 32.9 Å². The summed E-state index contributed by atoms with van der Waals surface area (Å²) < 4.78 is 44.8. The summed E-state index contributed by atoms with van der Waals surface area (Å²) in [5.74, 6) is -0.339. The Balaban J connectivity index is 1.44. The fourth-order valence-corrected chi connectivity index (χ4v) is 5.18. The molecule has 2 N–H and O–H groups in total. The first-order chi connectivity index (χ1) is 19.5. The molecule has 1 aliphatic rings. The molecule has 1 aromatic heterocycles. The number of carbonyl (C=O) groups is 1. The van der Waals surface area contributed by atoms with Gasteiger partial charge in [-0.3, -0.25) is 19.6 Å². The molecule has 7 nitrogen and oxygen atoms in total. The quantitative estimate of drug-likeness (QED) is 0.348. The van der Waals surface area contributed by atoms with E-state index >= 15 is 0 Å². The van der Waals surface area contributed by atoms with E-state index in [1.165, 1.54) is 12.1 Å². The Morgan fingerprint density at radius 3 is 2.37 bits per heavy atom. The van der Waals surface area contributed by atoms with Crippen LogP contribution in [-0.4, -0.2) is 76.0 Å². The largest absolute Gasteiger partial charge is 0.463 e. The fraction of sp³-hybridized carbons (Fsp3) is 0.419. The number of ether oxygens (including phenoxy) is 1. The summed E-state index contributed by atoms with van der Waals surface area (Å²) in [7, 11) is 0. The predicted octanol–water partition coefficient (Wildman–Crippen LogP) is 4.44. The monoisotopic (exact) mass is 571 g/mol. The van der Waals surface area contributed by atoms with E-state index in [2.05, 4.69) is 20.9 Å². The van der Waals surface area contributed by atoms with Crippen molar-refractivity contribution >= 4 is 5.97 Å². The average molecular weight is 572 g/mol. The summed E-state index contributed by atoms with van der Waals surface area (Å²) in [6.07, 6.45) is -1.04. The number of aromatic nitrogens is 1. The zero-order valence-electron chi connectivity index (χ0n) is 23.3. The van der Waals surface area contributed by atoms with Crippen LogP contribution < -0.4 is 0 Å². The van der Waals surface area contributed by atoms with Crippen molar-refractivity contribution in [1.29, 1.82) is 0 Å². The molecule has 0 bridgehead atoms. The maximum absolute atomic E-state index is 13.2. The summed E-state index contributed by atoms with van der Waals surface area (Å²) in [5.41, 5.74) is 1.73. The number of hydrogen-bond acceptors (Lipinski definition) is 7. The van der Waals surface area contributed by atoms with Crippen molar-refractivity contribution in [3.05, 3.63) is 89.2 Å². The van der Waals surface area contributed by atoms with Crippen LogP contribution >= 0.6 is 0 Å². The lowest BCUT2D eigenvalue weighted by molar-refractivity contribution is -0.258. The van der Waals surface area contributed by atoms with Gasteiger partial charge in [0.2, 0.25) is 0 Å². The van der Waals surface area contributed by atoms with Crippen LogP contribution in [0.15, 0.2) is 67.0 Å². The Morgan fingerprint density at radius 2 is 1.73 bits per heavy atom. The second-order valence-corrected chi connectivity index (χ2v) is 10.7. The number of hydrogen-bond donors (Lipinski definition) is 2. The first kappa shape index (κ1) is 30.6. The predicted molar refractivity (Wildman–Crippen MR) is 149 cm³/mol. The van der Waals surface area contributed by atoms with E-state index in [9.17, 15) is 23.1 Å². The maximum atomic E-state index is 13.2. The standard InChI is InChI=1S/C31H36F3N3O4/c1-22-17-24(3-8-28(22)25-4-6-26(7-5-25)30(2,40)31(32,33)34)19-36-13-14-37(20-23-9-11-35-12-10-23)27(21-36)18-29(39)41-16-15-38/h3-12,17,27,38,40H,13-16,18-21H2,1-2H3. The van der Waals surface area contributed by atoms with Crippen molar-refractivity contribution in [3.8, 4) is 11.1 Å². The molecule has 2 atom stereocenters. The summed E-state index contributed by atoms with van der Waals surface area (Å²) in [6.45, 7) is 6.11. The highest BCUT2D eigenvalue weighted by atomic mass is 19.4. The van der Waals surface area contributed by atoms with E-state index in [-0.39, 0.29) is 37.2 Å². The van der Waals surface area contributed by atoms with Gasteiger partial charge in [0.05, 0.1) is 13.0 Å². The third-order valence-corrected chi connectivity index (χ3v) is 7.59. The molecule has 41 heavy (non-hydrogen) atoms. The Morgan fingerprint density at radius 1 is 1.02 bits per heavy atom. The first-order valence-electron chi connectivity index (χ1n) is 13.6. The number of pyridine rings is 1. The molecule has 1 aliphatic heterocycles. The van der Waals surface area contributed by atoms with Gasteiger partial charge in [-0.05, 0) is 59.4 Å². The van der Waals surface area contributed by atoms with Crippen LogP contribution in [0.2, 0.25) is 0 Å². The van der Waals surface area contributed by atoms with E-state index < -0.39 is 11.8 Å². The highest BCUT2D eigenvalue weighted by Gasteiger charge is 2.51. The molecule has 220 valence electrons. The molecule has 10 heteroatoms. The van der Waals surface area contributed by atoms with Crippen LogP contribution in [0.25, 0.3) is 11.1 Å². The van der Waals surface area contributed by atoms with Gasteiger partial charge in [-0.15, -0.1) is 0 Å². The van der Waals surface area contributed by atoms with E-state index in [0.29, 0.717) is 19.6 Å². The number of aryl methyl sites for hydroxylation is 1. The van der Waals surface area contributed by atoms with Crippen molar-refractivity contribution in [3.63, 3.8) is 0 Å². The molecule has 2 aromatic carbocycles. The number of benzene rings is 2. The molecule has 0 saturated carbocycles. The topological polar surface area (TPSA) is 86.1 Å². The smallest absolute Gasteiger partial charge is 0.421 e. The lowest BCUT2D eigenvalue weighted by atomic mass is 9.92. The van der Waals surface area contributed by atoms with Gasteiger partial charge in [0.15, 0.2) is 5.60 Å². The highest BCUT2D eigenvalue weighted by molar-refractivity contribution is 5.70. The van der Waals surface area contributed by atoms with Crippen LogP contribution in [0.5, 0.6) is 0 Å². The first-order valence-corrected chi connectivity index (χ1v) is 13.6. The molecule has 0 spiro atoms. The minimum absolute atomic E-state index is 0.0182. The van der Waals surface area contributed by atoms with E-state index in [1.54, 1.807) is 24.5 Å². The maximum Gasteiger partial charge on any atom is 0.421 e. The molecular weight excluding hydrogens is 535 g/mol. The van der Waals surface area contributed by atoms with Gasteiger partial charge in [-0.25, -0.2) is 0 Å². The number of alkyl halides is 3. The summed E-state index contributed by atoms with van der Waals surface area (Å²) in [6, 6.07) is 15.7. The summed E-state index contributed by atoms with van der Waals surface area (Å²) >= 11 is 0. The van der Waals surface area contributed by atoms with Crippen molar-refractivity contribution in [2.75, 3.05) is 32.8 Å². The van der Waals surface area contributed by atoms with Crippen LogP contribution in [0, 0.1) is 6.92 Å². The van der Waals surface area contributed by atoms with Crippen molar-refractivity contribution in [2.24, 2.45) is 0 Å². The second kappa shape index (κ2) is 13.1. The number of aliphatic hydroxyl groups is 2. The number of aliphatic hydroxyl groups excluding tert-OH is 1. The molecule has 2 unspecified atom stereocenters. The second-order valence-electron chi connectivity index (χ2n) is 10.7. The minimum Gasteiger partial charge on any atom is -0.463 e. The van der Waals surface area contributed by atoms with Crippen LogP contribution in [0.4, 0.5) is 13.2 Å². The number of piperazine rings is 1. The van der Waals surface area contributed by atoms with Gasteiger partial charge in [-0.2, -0.15) is 13.2 Å². The molecule has 1 saturated heterocycles. The normalized spacial score (nSPS) is 18.2. The molecule has 0 amide bonds. The fourth-order valence-electron chi connectivity index (χ4n) is 5.18. The van der Waals surface area contributed by atoms with Crippen LogP contribution in [-0.2, 0) is 28.2 Å². The minimum atomic E-state index is -4.77. The number of halogens is 3. The third-order valence-electron chi connectivity index (χ3n) is 7.59.